The van der Waals surface area contributed by atoms with E-state index < -0.39 is 33.9 Å². The molecular formula is C63H68Cl3N13O12. The SMILES string of the molecule is COc1ccc(CO)cc1.COc1ccc(Cn2c(Cl)cc(=O)n(Cc3ccc(OC)cc3)c2=O)cc1.COc1ccc(Cn2c(NCc3cccc(N)n3)nc(=O)n(Cc3ccc(OC)cc3)c2=O)cc1.Cl.NCc1cccc(N)n1.O=c1cc(Cl)[nH]c(=O)[nH]1. The Kier molecular flexibility index (Phi) is 28.3. The van der Waals surface area contributed by atoms with E-state index in [9.17, 15) is 28.8 Å². The number of aliphatic hydroxyl groups excluding tert-OH is 1. The van der Waals surface area contributed by atoms with Gasteiger partial charge in [-0.3, -0.25) is 33.3 Å². The number of pyridine rings is 2. The molecule has 0 fully saturated rings. The van der Waals surface area contributed by atoms with Crippen molar-refractivity contribution in [3.05, 3.63) is 282 Å². The molecule has 10 aromatic rings. The number of halogens is 3. The number of ether oxygens (including phenoxy) is 5. The Balaban J connectivity index is 0.000000233. The number of nitrogen functional groups attached to an aromatic ring is 2. The van der Waals surface area contributed by atoms with Crippen molar-refractivity contribution in [1.29, 1.82) is 0 Å². The van der Waals surface area contributed by atoms with Crippen LogP contribution in [0.1, 0.15) is 39.2 Å². The highest BCUT2D eigenvalue weighted by Gasteiger charge is 2.16. The Hall–Kier alpha value is -10.4. The third-order valence-corrected chi connectivity index (χ3v) is 13.3. The lowest BCUT2D eigenvalue weighted by Crippen LogP contribution is -2.43. The van der Waals surface area contributed by atoms with Crippen molar-refractivity contribution < 1.29 is 28.8 Å². The molecule has 5 heterocycles. The molecule has 91 heavy (non-hydrogen) atoms. The number of nitrogens with two attached hydrogens (primary N) is 3. The number of aromatic nitrogens is 9. The fourth-order valence-corrected chi connectivity index (χ4v) is 8.43. The van der Waals surface area contributed by atoms with Crippen molar-refractivity contribution in [2.24, 2.45) is 5.73 Å². The summed E-state index contributed by atoms with van der Waals surface area (Å²) < 4.78 is 30.7. The van der Waals surface area contributed by atoms with Gasteiger partial charge in [0.2, 0.25) is 5.95 Å². The maximum Gasteiger partial charge on any atom is 0.355 e. The van der Waals surface area contributed by atoms with Gasteiger partial charge in [-0.25, -0.2) is 33.7 Å². The molecule has 0 aliphatic rings. The van der Waals surface area contributed by atoms with Crippen LogP contribution < -0.4 is 80.1 Å². The van der Waals surface area contributed by atoms with E-state index in [-0.39, 0.29) is 68.0 Å². The van der Waals surface area contributed by atoms with Gasteiger partial charge in [-0.05, 0) is 113 Å². The molecule has 10 rings (SSSR count). The normalized spacial score (nSPS) is 10.2. The number of benzene rings is 5. The van der Waals surface area contributed by atoms with Crippen LogP contribution in [0.4, 0.5) is 17.6 Å². The number of anilines is 3. The lowest BCUT2D eigenvalue weighted by Gasteiger charge is -2.16. The van der Waals surface area contributed by atoms with Crippen LogP contribution in [0.15, 0.2) is 199 Å². The Labute approximate surface area is 537 Å². The second-order valence-corrected chi connectivity index (χ2v) is 19.7. The zero-order chi connectivity index (χ0) is 65.1. The number of hydrogen-bond donors (Lipinski definition) is 7. The summed E-state index contributed by atoms with van der Waals surface area (Å²) >= 11 is 11.4. The highest BCUT2D eigenvalue weighted by molar-refractivity contribution is 6.29. The molecule has 0 radical (unpaired) electrons. The molecule has 5 aromatic heterocycles. The summed E-state index contributed by atoms with van der Waals surface area (Å²) in [6.07, 6.45) is 0. The van der Waals surface area contributed by atoms with E-state index >= 15 is 0 Å². The first-order valence-corrected chi connectivity index (χ1v) is 27.9. The largest absolute Gasteiger partial charge is 0.497 e. The third kappa shape index (κ3) is 22.3. The van der Waals surface area contributed by atoms with Gasteiger partial charge in [-0.2, -0.15) is 4.98 Å². The van der Waals surface area contributed by atoms with Crippen LogP contribution in [0, 0.1) is 0 Å². The first-order chi connectivity index (χ1) is 43.3. The Morgan fingerprint density at radius 2 is 0.868 bits per heavy atom. The molecule has 5 aromatic carbocycles. The molecule has 0 aliphatic carbocycles. The first-order valence-electron chi connectivity index (χ1n) is 27.2. The molecule has 0 saturated heterocycles. The van der Waals surface area contributed by atoms with Gasteiger partial charge >= 0.3 is 22.8 Å². The average Bonchev–Trinajstić information content (AvgIpc) is 1.02. The van der Waals surface area contributed by atoms with Crippen molar-refractivity contribution >= 4 is 53.2 Å². The van der Waals surface area contributed by atoms with Crippen molar-refractivity contribution in [1.82, 2.24) is 43.2 Å². The van der Waals surface area contributed by atoms with E-state index in [4.69, 9.17) is 69.2 Å². The highest BCUT2D eigenvalue weighted by atomic mass is 35.5. The van der Waals surface area contributed by atoms with Gasteiger partial charge in [0.25, 0.3) is 11.1 Å². The molecule has 0 atom stereocenters. The van der Waals surface area contributed by atoms with Crippen LogP contribution in [0.2, 0.25) is 10.3 Å². The summed E-state index contributed by atoms with van der Waals surface area (Å²) in [6.45, 7) is 1.46. The quantitative estimate of drug-likeness (QED) is 0.0461. The van der Waals surface area contributed by atoms with E-state index in [0.717, 1.165) is 60.2 Å². The Bertz CT molecular complexity index is 4230. The first kappa shape index (κ1) is 71.3. The van der Waals surface area contributed by atoms with Crippen molar-refractivity contribution in [3.8, 4) is 28.7 Å². The second kappa shape index (κ2) is 36.1. The molecule has 10 N–H and O–H groups in total. The van der Waals surface area contributed by atoms with Gasteiger partial charge in [0.05, 0.1) is 86.3 Å². The molecule has 28 heteroatoms. The lowest BCUT2D eigenvalue weighted by molar-refractivity contribution is 0.281. The maximum absolute atomic E-state index is 13.5. The standard InChI is InChI=1S/C25H26N6O4.C20H19ClN2O4.C8H10O2.C6H9N3.C4H3ClN2O2.ClH/c1-34-20-10-6-17(7-11-20)15-30-23(27-14-19-4-3-5-22(26)28-19)29-24(32)31(25(30)33)16-18-8-12-21(35-2)13-9-18;1-26-16-7-3-14(4-8-16)12-22-18(21)11-19(24)23(20(22)25)13-15-5-9-17(27-2)10-6-15;1-10-8-4-2-7(6-9)3-5-8;7-4-5-2-1-3-6(8)9-5;5-2-1-3(8)7-4(9)6-2;/h3-13H,14-16H2,1-2H3,(H2,26,28)(H,27,29,32);3-11H,12-13H2,1-2H3;2-5,9H,6H2,1H3;1-3H,4,7H2,(H2,8,9);1H,(H2,6,7,8,9);1H. The van der Waals surface area contributed by atoms with Gasteiger partial charge < -0.3 is 51.3 Å². The molecule has 0 saturated carbocycles. The fourth-order valence-electron chi connectivity index (χ4n) is 8.02. The number of aromatic amines is 2. The number of hydrogen-bond acceptors (Lipinski definition) is 19. The van der Waals surface area contributed by atoms with Crippen molar-refractivity contribution in [2.75, 3.05) is 52.3 Å². The van der Waals surface area contributed by atoms with E-state index in [1.807, 2.05) is 102 Å². The molecule has 0 amide bonds. The minimum absolute atomic E-state index is 0. The monoisotopic (exact) mass is 1300 g/mol. The zero-order valence-electron chi connectivity index (χ0n) is 50.1. The molecular weight excluding hydrogens is 1240 g/mol. The molecule has 478 valence electrons. The summed E-state index contributed by atoms with van der Waals surface area (Å²) in [6, 6.07) is 49.3. The topological polar surface area (TPSA) is 349 Å². The number of methoxy groups -OCH3 is 5. The molecule has 0 bridgehead atoms. The molecule has 0 aliphatic heterocycles. The van der Waals surface area contributed by atoms with Crippen molar-refractivity contribution in [2.45, 2.75) is 45.9 Å². The predicted octanol–water partition coefficient (Wildman–Crippen LogP) is 6.33. The number of rotatable bonds is 18. The van der Waals surface area contributed by atoms with E-state index in [1.165, 1.54) is 15.2 Å². The lowest BCUT2D eigenvalue weighted by atomic mass is 10.2. The minimum atomic E-state index is -0.653. The van der Waals surface area contributed by atoms with Gasteiger partial charge in [0.1, 0.15) is 50.7 Å². The van der Waals surface area contributed by atoms with Crippen LogP contribution >= 0.6 is 35.6 Å². The van der Waals surface area contributed by atoms with Crippen molar-refractivity contribution in [3.63, 3.8) is 0 Å². The fraction of sp³-hybridized carbons (Fsp3) is 0.190. The van der Waals surface area contributed by atoms with E-state index in [2.05, 4.69) is 25.3 Å². The smallest absolute Gasteiger partial charge is 0.355 e. The molecule has 0 unspecified atom stereocenters. The van der Waals surface area contributed by atoms with Gasteiger partial charge in [-0.15, -0.1) is 12.4 Å². The maximum atomic E-state index is 13.5. The number of aliphatic hydroxyl groups is 1. The summed E-state index contributed by atoms with van der Waals surface area (Å²) in [5.74, 6) is 4.69. The summed E-state index contributed by atoms with van der Waals surface area (Å²) in [4.78, 5) is 88.7. The molecule has 0 spiro atoms. The number of nitrogens with one attached hydrogen (secondary N) is 3. The van der Waals surface area contributed by atoms with Gasteiger partial charge in [0, 0.05) is 18.7 Å². The van der Waals surface area contributed by atoms with E-state index in [1.54, 1.807) is 96.2 Å². The average molecular weight is 1310 g/mol. The number of H-pyrrole nitrogens is 2. The van der Waals surface area contributed by atoms with Gasteiger partial charge in [-0.1, -0.05) is 96.0 Å². The highest BCUT2D eigenvalue weighted by Crippen LogP contribution is 2.18. The van der Waals surface area contributed by atoms with Gasteiger partial charge in [0.15, 0.2) is 0 Å². The molecule has 25 nitrogen and oxygen atoms in total. The van der Waals surface area contributed by atoms with Crippen LogP contribution in [0.5, 0.6) is 28.7 Å². The summed E-state index contributed by atoms with van der Waals surface area (Å²) in [5.41, 5.74) is 19.0. The Morgan fingerprint density at radius 1 is 0.484 bits per heavy atom. The summed E-state index contributed by atoms with van der Waals surface area (Å²) in [5, 5.41) is 11.9. The van der Waals surface area contributed by atoms with Crippen LogP contribution in [0.3, 0.4) is 0 Å². The predicted molar refractivity (Wildman–Crippen MR) is 352 cm³/mol. The van der Waals surface area contributed by atoms with Crippen LogP contribution in [0.25, 0.3) is 0 Å². The van der Waals surface area contributed by atoms with Crippen LogP contribution in [-0.4, -0.2) is 83.8 Å². The van der Waals surface area contributed by atoms with E-state index in [0.29, 0.717) is 41.1 Å². The minimum Gasteiger partial charge on any atom is -0.497 e. The third-order valence-electron chi connectivity index (χ3n) is 12.7. The Morgan fingerprint density at radius 3 is 1.25 bits per heavy atom. The second-order valence-electron chi connectivity index (χ2n) is 18.9. The summed E-state index contributed by atoms with van der Waals surface area (Å²) in [7, 11) is 7.95. The zero-order valence-corrected chi connectivity index (χ0v) is 52.4. The number of nitrogens with zero attached hydrogens (tertiary/aromatic N) is 7. The van der Waals surface area contributed by atoms with Crippen LogP contribution in [-0.2, 0) is 45.9 Å².